The van der Waals surface area contributed by atoms with Crippen LogP contribution in [0.1, 0.15) is 50.9 Å². The highest BCUT2D eigenvalue weighted by molar-refractivity contribution is 5.69. The Balaban J connectivity index is 1.77. The molecule has 0 spiro atoms. The molecular weight excluding hydrogens is 280 g/mol. The van der Waals surface area contributed by atoms with Crippen LogP contribution in [0.15, 0.2) is 6.20 Å². The van der Waals surface area contributed by atoms with Gasteiger partial charge in [0.1, 0.15) is 0 Å². The smallest absolute Gasteiger partial charge is 0.317 e. The molecule has 0 aliphatic heterocycles. The number of carboxylic acids is 1. The Morgan fingerprint density at radius 2 is 2.23 bits per heavy atom. The third-order valence-corrected chi connectivity index (χ3v) is 4.50. The Morgan fingerprint density at radius 3 is 2.73 bits per heavy atom. The fraction of sp³-hybridized carbons (Fsp3) is 0.750. The summed E-state index contributed by atoms with van der Waals surface area (Å²) in [6, 6.07) is 1.27. The number of likely N-dealkylation sites (N-methyl/N-ethyl adjacent to an activating group) is 1. The topological polar surface area (TPSA) is 70.4 Å². The van der Waals surface area contributed by atoms with E-state index in [1.54, 1.807) is 0 Å². The number of carboxylic acid groups (broad SMARTS) is 1. The molecule has 1 fully saturated rings. The Morgan fingerprint density at radius 1 is 1.55 bits per heavy atom. The summed E-state index contributed by atoms with van der Waals surface area (Å²) in [6.07, 6.45) is 4.17. The van der Waals surface area contributed by atoms with Crippen molar-refractivity contribution in [1.82, 2.24) is 20.0 Å². The third-order valence-electron chi connectivity index (χ3n) is 4.50. The maximum Gasteiger partial charge on any atom is 0.317 e. The molecule has 22 heavy (non-hydrogen) atoms. The van der Waals surface area contributed by atoms with Gasteiger partial charge in [-0.15, -0.1) is 0 Å². The molecule has 1 saturated carbocycles. The van der Waals surface area contributed by atoms with Gasteiger partial charge in [0.15, 0.2) is 0 Å². The SMILES string of the molecule is CCN(CC(=O)O)C1CC(NCc2cn(C(C)C)nc2C)C1. The van der Waals surface area contributed by atoms with Crippen LogP contribution in [0.5, 0.6) is 0 Å². The van der Waals surface area contributed by atoms with Gasteiger partial charge in [-0.2, -0.15) is 5.10 Å². The van der Waals surface area contributed by atoms with Crippen molar-refractivity contribution in [3.63, 3.8) is 0 Å². The standard InChI is InChI=1S/C16H28N4O2/c1-5-19(10-16(21)22)15-6-14(7-15)17-8-13-9-20(11(2)3)18-12(13)4/h9,11,14-15,17H,5-8,10H2,1-4H3,(H,21,22). The quantitative estimate of drug-likeness (QED) is 0.766. The molecule has 1 aliphatic rings. The first-order valence-electron chi connectivity index (χ1n) is 8.14. The average Bonchev–Trinajstić information content (AvgIpc) is 2.77. The van der Waals surface area contributed by atoms with Crippen LogP contribution in [0.3, 0.4) is 0 Å². The van der Waals surface area contributed by atoms with Gasteiger partial charge < -0.3 is 10.4 Å². The number of rotatable bonds is 8. The van der Waals surface area contributed by atoms with Gasteiger partial charge >= 0.3 is 5.97 Å². The number of carbonyl (C=O) groups is 1. The number of nitrogens with zero attached hydrogens (tertiary/aromatic N) is 3. The number of aryl methyl sites for hydroxylation is 1. The minimum Gasteiger partial charge on any atom is -0.480 e. The van der Waals surface area contributed by atoms with Crippen molar-refractivity contribution < 1.29 is 9.90 Å². The van der Waals surface area contributed by atoms with Gasteiger partial charge in [0.05, 0.1) is 12.2 Å². The molecule has 6 nitrogen and oxygen atoms in total. The monoisotopic (exact) mass is 308 g/mol. The van der Waals surface area contributed by atoms with Crippen molar-refractivity contribution >= 4 is 5.97 Å². The second-order valence-corrected chi connectivity index (χ2v) is 6.47. The van der Waals surface area contributed by atoms with E-state index in [4.69, 9.17) is 5.11 Å². The number of hydrogen-bond acceptors (Lipinski definition) is 4. The number of hydrogen-bond donors (Lipinski definition) is 2. The summed E-state index contributed by atoms with van der Waals surface area (Å²) >= 11 is 0. The van der Waals surface area contributed by atoms with Crippen LogP contribution in [0, 0.1) is 6.92 Å². The largest absolute Gasteiger partial charge is 0.480 e. The molecule has 2 rings (SSSR count). The molecule has 0 unspecified atom stereocenters. The lowest BCUT2D eigenvalue weighted by Crippen LogP contribution is -2.53. The highest BCUT2D eigenvalue weighted by atomic mass is 16.4. The number of aliphatic carboxylic acids is 1. The summed E-state index contributed by atoms with van der Waals surface area (Å²) in [5.41, 5.74) is 2.33. The highest BCUT2D eigenvalue weighted by Crippen LogP contribution is 2.26. The van der Waals surface area contributed by atoms with Gasteiger partial charge in [0.25, 0.3) is 0 Å². The van der Waals surface area contributed by atoms with Crippen LogP contribution < -0.4 is 5.32 Å². The van der Waals surface area contributed by atoms with E-state index >= 15 is 0 Å². The summed E-state index contributed by atoms with van der Waals surface area (Å²) in [7, 11) is 0. The maximum absolute atomic E-state index is 10.8. The Kier molecular flexibility index (Phi) is 5.58. The van der Waals surface area contributed by atoms with E-state index in [0.717, 1.165) is 31.6 Å². The van der Waals surface area contributed by atoms with Crippen molar-refractivity contribution in [1.29, 1.82) is 0 Å². The highest BCUT2D eigenvalue weighted by Gasteiger charge is 2.33. The molecule has 1 aromatic rings. The molecule has 0 atom stereocenters. The van der Waals surface area contributed by atoms with Crippen molar-refractivity contribution in [2.45, 2.75) is 65.2 Å². The van der Waals surface area contributed by atoms with Gasteiger partial charge in [-0.3, -0.25) is 14.4 Å². The lowest BCUT2D eigenvalue weighted by atomic mass is 9.85. The molecule has 6 heteroatoms. The normalized spacial score (nSPS) is 21.4. The van der Waals surface area contributed by atoms with E-state index < -0.39 is 5.97 Å². The van der Waals surface area contributed by atoms with Gasteiger partial charge in [0.2, 0.25) is 0 Å². The van der Waals surface area contributed by atoms with Gasteiger partial charge in [0, 0.05) is 36.4 Å². The third kappa shape index (κ3) is 4.08. The lowest BCUT2D eigenvalue weighted by Gasteiger charge is -2.42. The first-order valence-corrected chi connectivity index (χ1v) is 8.14. The molecule has 1 aliphatic carbocycles. The lowest BCUT2D eigenvalue weighted by molar-refractivity contribution is -0.139. The van der Waals surface area contributed by atoms with Crippen LogP contribution >= 0.6 is 0 Å². The van der Waals surface area contributed by atoms with Crippen LogP contribution in [0.4, 0.5) is 0 Å². The summed E-state index contributed by atoms with van der Waals surface area (Å²) in [6.45, 7) is 10.1. The summed E-state index contributed by atoms with van der Waals surface area (Å²) in [4.78, 5) is 12.9. The van der Waals surface area contributed by atoms with E-state index in [-0.39, 0.29) is 6.54 Å². The van der Waals surface area contributed by atoms with Gasteiger partial charge in [-0.25, -0.2) is 0 Å². The average molecular weight is 308 g/mol. The molecule has 1 heterocycles. The molecular formula is C16H28N4O2. The van der Waals surface area contributed by atoms with Crippen LogP contribution in [0.25, 0.3) is 0 Å². The van der Waals surface area contributed by atoms with E-state index in [0.29, 0.717) is 18.1 Å². The first kappa shape index (κ1) is 17.0. The van der Waals surface area contributed by atoms with Crippen LogP contribution in [-0.4, -0.2) is 50.9 Å². The van der Waals surface area contributed by atoms with Gasteiger partial charge in [-0.05, 0) is 40.2 Å². The predicted octanol–water partition coefficient (Wildman–Crippen LogP) is 1.80. The minimum absolute atomic E-state index is 0.147. The van der Waals surface area contributed by atoms with E-state index in [2.05, 4.69) is 30.5 Å². The number of nitrogens with one attached hydrogen (secondary N) is 1. The molecule has 1 aromatic heterocycles. The van der Waals surface area contributed by atoms with Crippen molar-refractivity contribution in [3.8, 4) is 0 Å². The van der Waals surface area contributed by atoms with Crippen molar-refractivity contribution in [2.24, 2.45) is 0 Å². The fourth-order valence-corrected chi connectivity index (χ4v) is 2.94. The molecule has 0 bridgehead atoms. The first-order chi connectivity index (χ1) is 10.4. The second kappa shape index (κ2) is 7.24. The van der Waals surface area contributed by atoms with Crippen LogP contribution in [0.2, 0.25) is 0 Å². The Hall–Kier alpha value is -1.40. The Bertz CT molecular complexity index is 506. The van der Waals surface area contributed by atoms with Crippen molar-refractivity contribution in [2.75, 3.05) is 13.1 Å². The molecule has 2 N–H and O–H groups in total. The van der Waals surface area contributed by atoms with Crippen molar-refractivity contribution in [3.05, 3.63) is 17.5 Å². The molecule has 0 amide bonds. The van der Waals surface area contributed by atoms with E-state index in [1.807, 2.05) is 23.4 Å². The summed E-state index contributed by atoms with van der Waals surface area (Å²) in [5, 5.41) is 17.0. The zero-order chi connectivity index (χ0) is 16.3. The van der Waals surface area contributed by atoms with Crippen LogP contribution in [-0.2, 0) is 11.3 Å². The van der Waals surface area contributed by atoms with Gasteiger partial charge in [-0.1, -0.05) is 6.92 Å². The number of aromatic nitrogens is 2. The molecule has 0 saturated heterocycles. The zero-order valence-corrected chi connectivity index (χ0v) is 14.0. The summed E-state index contributed by atoms with van der Waals surface area (Å²) < 4.78 is 2.00. The zero-order valence-electron chi connectivity index (χ0n) is 14.0. The second-order valence-electron chi connectivity index (χ2n) is 6.47. The maximum atomic E-state index is 10.8. The minimum atomic E-state index is -0.741. The predicted molar refractivity (Wildman–Crippen MR) is 85.9 cm³/mol. The summed E-state index contributed by atoms with van der Waals surface area (Å²) in [5.74, 6) is -0.741. The van der Waals surface area contributed by atoms with E-state index in [1.165, 1.54) is 5.56 Å². The Labute approximate surface area is 132 Å². The van der Waals surface area contributed by atoms with E-state index in [9.17, 15) is 4.79 Å². The molecule has 0 radical (unpaired) electrons. The molecule has 0 aromatic carbocycles. The fourth-order valence-electron chi connectivity index (χ4n) is 2.94. The molecule has 124 valence electrons.